The van der Waals surface area contributed by atoms with Gasteiger partial charge in [0.15, 0.2) is 11.6 Å². The van der Waals surface area contributed by atoms with Crippen LogP contribution in [-0.2, 0) is 0 Å². The molecule has 0 spiro atoms. The van der Waals surface area contributed by atoms with E-state index in [2.05, 4.69) is 15.0 Å². The van der Waals surface area contributed by atoms with Crippen LogP contribution < -0.4 is 20.5 Å². The molecule has 0 fully saturated rings. The van der Waals surface area contributed by atoms with E-state index >= 15 is 0 Å². The van der Waals surface area contributed by atoms with Crippen LogP contribution in [0.15, 0.2) is 54.6 Å². The highest BCUT2D eigenvalue weighted by molar-refractivity contribution is 6.07. The Morgan fingerprint density at radius 2 is 1.70 bits per heavy atom. The summed E-state index contributed by atoms with van der Waals surface area (Å²) in [5.41, 5.74) is 7.06. The molecule has 0 saturated carbocycles. The largest absolute Gasteiger partial charge is 0.573 e. The van der Waals surface area contributed by atoms with Crippen molar-refractivity contribution < 1.29 is 31.8 Å². The van der Waals surface area contributed by atoms with Gasteiger partial charge in [0.05, 0.1) is 5.56 Å². The molecule has 6 nitrogen and oxygen atoms in total. The molecule has 0 aliphatic heterocycles. The van der Waals surface area contributed by atoms with Crippen molar-refractivity contribution >= 4 is 17.4 Å². The standard InChI is InChI=1S/C20H15F4N3O3/c1-11-2-8-15(18(25)26-11)19(28)27-12-3-5-13(6-4-12)29-14-7-9-16(21)17(10-14)30-20(22,23)24/h2-10H,1H3,(H2,25,26)(H,27,28). The van der Waals surface area contributed by atoms with E-state index in [4.69, 9.17) is 10.5 Å². The molecule has 0 aliphatic rings. The highest BCUT2D eigenvalue weighted by Gasteiger charge is 2.32. The number of nitrogens with two attached hydrogens (primary N) is 1. The zero-order valence-electron chi connectivity index (χ0n) is 15.5. The van der Waals surface area contributed by atoms with Gasteiger partial charge in [-0.25, -0.2) is 9.37 Å². The summed E-state index contributed by atoms with van der Waals surface area (Å²) >= 11 is 0. The van der Waals surface area contributed by atoms with E-state index < -0.39 is 23.8 Å². The molecule has 0 unspecified atom stereocenters. The van der Waals surface area contributed by atoms with Crippen molar-refractivity contribution in [1.82, 2.24) is 4.98 Å². The fraction of sp³-hybridized carbons (Fsp3) is 0.100. The summed E-state index contributed by atoms with van der Waals surface area (Å²) in [6.07, 6.45) is -5.03. The van der Waals surface area contributed by atoms with Crippen LogP contribution in [0.25, 0.3) is 0 Å². The average molecular weight is 421 g/mol. The molecule has 10 heteroatoms. The number of rotatable bonds is 5. The summed E-state index contributed by atoms with van der Waals surface area (Å²) in [6, 6.07) is 11.9. The lowest BCUT2D eigenvalue weighted by molar-refractivity contribution is -0.275. The van der Waals surface area contributed by atoms with Crippen LogP contribution in [0.1, 0.15) is 16.1 Å². The monoisotopic (exact) mass is 421 g/mol. The average Bonchev–Trinajstić information content (AvgIpc) is 2.65. The quantitative estimate of drug-likeness (QED) is 0.563. The number of hydrogen-bond acceptors (Lipinski definition) is 5. The van der Waals surface area contributed by atoms with E-state index in [1.165, 1.54) is 24.3 Å². The molecule has 1 amide bonds. The molecular formula is C20H15F4N3O3. The van der Waals surface area contributed by atoms with Crippen molar-refractivity contribution in [2.75, 3.05) is 11.1 Å². The number of hydrogen-bond donors (Lipinski definition) is 2. The number of nitrogen functional groups attached to an aromatic ring is 1. The van der Waals surface area contributed by atoms with Crippen molar-refractivity contribution in [3.05, 3.63) is 71.7 Å². The lowest BCUT2D eigenvalue weighted by Crippen LogP contribution is -2.17. The third-order valence-corrected chi connectivity index (χ3v) is 3.78. The highest BCUT2D eigenvalue weighted by Crippen LogP contribution is 2.31. The number of aryl methyl sites for hydroxylation is 1. The Labute approximate surface area is 168 Å². The van der Waals surface area contributed by atoms with Crippen molar-refractivity contribution in [2.45, 2.75) is 13.3 Å². The topological polar surface area (TPSA) is 86.5 Å². The fourth-order valence-corrected chi connectivity index (χ4v) is 2.46. The molecule has 0 aliphatic carbocycles. The van der Waals surface area contributed by atoms with Crippen LogP contribution in [0, 0.1) is 12.7 Å². The Morgan fingerprint density at radius 3 is 2.33 bits per heavy atom. The molecule has 1 aromatic heterocycles. The van der Waals surface area contributed by atoms with Crippen LogP contribution in [0.4, 0.5) is 29.1 Å². The zero-order chi connectivity index (χ0) is 21.9. The fourth-order valence-electron chi connectivity index (χ4n) is 2.46. The maximum Gasteiger partial charge on any atom is 0.573 e. The molecular weight excluding hydrogens is 406 g/mol. The third-order valence-electron chi connectivity index (χ3n) is 3.78. The van der Waals surface area contributed by atoms with Crippen LogP contribution in [0.2, 0.25) is 0 Å². The number of alkyl halides is 3. The van der Waals surface area contributed by atoms with Gasteiger partial charge in [-0.05, 0) is 55.5 Å². The first-order valence-corrected chi connectivity index (χ1v) is 8.48. The number of pyridine rings is 1. The summed E-state index contributed by atoms with van der Waals surface area (Å²) in [5.74, 6) is -2.36. The van der Waals surface area contributed by atoms with E-state index in [0.717, 1.165) is 18.2 Å². The molecule has 2 aromatic carbocycles. The number of ether oxygens (including phenoxy) is 2. The van der Waals surface area contributed by atoms with E-state index in [9.17, 15) is 22.4 Å². The summed E-state index contributed by atoms with van der Waals surface area (Å²) in [5, 5.41) is 2.64. The van der Waals surface area contributed by atoms with Gasteiger partial charge in [0.25, 0.3) is 5.91 Å². The molecule has 30 heavy (non-hydrogen) atoms. The maximum atomic E-state index is 13.5. The van der Waals surface area contributed by atoms with Crippen molar-refractivity contribution in [3.8, 4) is 17.2 Å². The minimum atomic E-state index is -5.03. The van der Waals surface area contributed by atoms with Gasteiger partial charge in [-0.2, -0.15) is 0 Å². The lowest BCUT2D eigenvalue weighted by Gasteiger charge is -2.12. The molecule has 3 aromatic rings. The number of anilines is 2. The zero-order valence-corrected chi connectivity index (χ0v) is 15.5. The molecule has 156 valence electrons. The number of amides is 1. The number of benzene rings is 2. The van der Waals surface area contributed by atoms with E-state index in [0.29, 0.717) is 11.4 Å². The summed E-state index contributed by atoms with van der Waals surface area (Å²) < 4.78 is 59.5. The number of carbonyl (C=O) groups is 1. The predicted octanol–water partition coefficient (Wildman–Crippen LogP) is 5.05. The van der Waals surface area contributed by atoms with Gasteiger partial charge >= 0.3 is 6.36 Å². The van der Waals surface area contributed by atoms with Crippen molar-refractivity contribution in [1.29, 1.82) is 0 Å². The Balaban J connectivity index is 1.69. The third kappa shape index (κ3) is 5.37. The second-order valence-electron chi connectivity index (χ2n) is 6.11. The number of nitrogens with one attached hydrogen (secondary N) is 1. The second-order valence-corrected chi connectivity index (χ2v) is 6.11. The molecule has 0 bridgehead atoms. The second kappa shape index (κ2) is 8.27. The molecule has 0 radical (unpaired) electrons. The Bertz CT molecular complexity index is 1070. The molecule has 3 N–H and O–H groups in total. The first-order valence-electron chi connectivity index (χ1n) is 8.48. The van der Waals surface area contributed by atoms with Crippen molar-refractivity contribution in [2.24, 2.45) is 0 Å². The number of aromatic nitrogens is 1. The minimum absolute atomic E-state index is 0.0639. The summed E-state index contributed by atoms with van der Waals surface area (Å²) in [4.78, 5) is 16.3. The normalized spacial score (nSPS) is 11.1. The smallest absolute Gasteiger partial charge is 0.457 e. The van der Waals surface area contributed by atoms with Crippen LogP contribution in [0.3, 0.4) is 0 Å². The van der Waals surface area contributed by atoms with Crippen molar-refractivity contribution in [3.63, 3.8) is 0 Å². The van der Waals surface area contributed by atoms with E-state index in [-0.39, 0.29) is 22.9 Å². The highest BCUT2D eigenvalue weighted by atomic mass is 19.4. The van der Waals surface area contributed by atoms with Gasteiger partial charge in [0, 0.05) is 17.4 Å². The van der Waals surface area contributed by atoms with Gasteiger partial charge in [0.1, 0.15) is 17.3 Å². The molecule has 3 rings (SSSR count). The van der Waals surface area contributed by atoms with Gasteiger partial charge in [-0.1, -0.05) is 0 Å². The van der Waals surface area contributed by atoms with Gasteiger partial charge in [-0.3, -0.25) is 4.79 Å². The van der Waals surface area contributed by atoms with Gasteiger partial charge in [-0.15, -0.1) is 13.2 Å². The number of nitrogens with zero attached hydrogens (tertiary/aromatic N) is 1. The lowest BCUT2D eigenvalue weighted by atomic mass is 10.2. The first-order chi connectivity index (χ1) is 14.1. The molecule has 0 saturated heterocycles. The Kier molecular flexibility index (Phi) is 5.77. The van der Waals surface area contributed by atoms with Gasteiger partial charge < -0.3 is 20.5 Å². The predicted molar refractivity (Wildman–Crippen MR) is 101 cm³/mol. The number of halogens is 4. The molecule has 0 atom stereocenters. The van der Waals surface area contributed by atoms with E-state index in [1.54, 1.807) is 19.1 Å². The SMILES string of the molecule is Cc1ccc(C(=O)Nc2ccc(Oc3ccc(F)c(OC(F)(F)F)c3)cc2)c(N)n1. The van der Waals surface area contributed by atoms with Crippen LogP contribution in [-0.4, -0.2) is 17.3 Å². The Hall–Kier alpha value is -3.82. The van der Waals surface area contributed by atoms with Crippen LogP contribution >= 0.6 is 0 Å². The minimum Gasteiger partial charge on any atom is -0.457 e. The number of carbonyl (C=O) groups excluding carboxylic acids is 1. The summed E-state index contributed by atoms with van der Waals surface area (Å²) in [7, 11) is 0. The maximum absolute atomic E-state index is 13.5. The first kappa shape index (κ1) is 20.9. The Morgan fingerprint density at radius 1 is 1.03 bits per heavy atom. The van der Waals surface area contributed by atoms with Gasteiger partial charge in [0.2, 0.25) is 0 Å². The van der Waals surface area contributed by atoms with Crippen LogP contribution in [0.5, 0.6) is 17.2 Å². The summed E-state index contributed by atoms with van der Waals surface area (Å²) in [6.45, 7) is 1.75. The molecule has 1 heterocycles. The van der Waals surface area contributed by atoms with E-state index in [1.807, 2.05) is 0 Å².